The lowest BCUT2D eigenvalue weighted by molar-refractivity contribution is -0.147. The van der Waals surface area contributed by atoms with Gasteiger partial charge in [0, 0.05) is 19.3 Å². The molecule has 0 bridgehead atoms. The van der Waals surface area contributed by atoms with Crippen LogP contribution in [0.3, 0.4) is 0 Å². The summed E-state index contributed by atoms with van der Waals surface area (Å²) in [6, 6.07) is 8.13. The molecular weight excluding hydrogens is 468 g/mol. The van der Waals surface area contributed by atoms with Crippen LogP contribution in [0.15, 0.2) is 48.5 Å². The first-order chi connectivity index (χ1) is 15.9. The van der Waals surface area contributed by atoms with E-state index in [2.05, 4.69) is 0 Å². The van der Waals surface area contributed by atoms with E-state index in [1.54, 1.807) is 0 Å². The molecule has 0 saturated carbocycles. The number of ether oxygens (including phenoxy) is 2. The number of carbonyl (C=O) groups excluding carboxylic acids is 2. The van der Waals surface area contributed by atoms with Crippen molar-refractivity contribution in [3.63, 3.8) is 0 Å². The molecule has 0 aliphatic heterocycles. The minimum Gasteiger partial charge on any atom is -0.465 e. The molecule has 0 aliphatic carbocycles. The van der Waals surface area contributed by atoms with Crippen LogP contribution in [0.4, 0.5) is 26.3 Å². The minimum absolute atomic E-state index is 0.0555. The summed E-state index contributed by atoms with van der Waals surface area (Å²) < 4.78 is 86.2. The molecule has 2 rings (SSSR count). The number of benzene rings is 2. The Morgan fingerprint density at radius 2 is 1.26 bits per heavy atom. The number of alkyl halides is 6. The molecule has 0 radical (unpaired) electrons. The fraction of sp³-hybridized carbons (Fsp3) is 0.391. The molecule has 0 unspecified atom stereocenters. The van der Waals surface area contributed by atoms with E-state index in [0.29, 0.717) is 11.1 Å². The Morgan fingerprint density at radius 3 is 1.74 bits per heavy atom. The van der Waals surface area contributed by atoms with Crippen LogP contribution in [0.1, 0.15) is 35.1 Å². The number of rotatable bonds is 10. The third-order valence-corrected chi connectivity index (χ3v) is 4.76. The van der Waals surface area contributed by atoms with Crippen molar-refractivity contribution < 1.29 is 45.4 Å². The molecule has 2 aromatic carbocycles. The number of nitrogens with two attached hydrogens (primary N) is 1. The predicted molar refractivity (Wildman–Crippen MR) is 109 cm³/mol. The van der Waals surface area contributed by atoms with Crippen molar-refractivity contribution in [1.82, 2.24) is 0 Å². The van der Waals surface area contributed by atoms with Crippen LogP contribution in [0.2, 0.25) is 0 Å². The van der Waals surface area contributed by atoms with Gasteiger partial charge in [-0.2, -0.15) is 26.3 Å². The maximum Gasteiger partial charge on any atom is 0.416 e. The highest BCUT2D eigenvalue weighted by Crippen LogP contribution is 2.30. The lowest BCUT2D eigenvalue weighted by atomic mass is 10.1. The van der Waals surface area contributed by atoms with E-state index in [1.165, 1.54) is 24.3 Å². The highest BCUT2D eigenvalue weighted by atomic mass is 19.4. The van der Waals surface area contributed by atoms with Gasteiger partial charge >= 0.3 is 24.3 Å². The Bertz CT molecular complexity index is 974. The van der Waals surface area contributed by atoms with Gasteiger partial charge in [-0.3, -0.25) is 9.59 Å². The van der Waals surface area contributed by atoms with Gasteiger partial charge in [-0.25, -0.2) is 0 Å². The van der Waals surface area contributed by atoms with Gasteiger partial charge in [-0.15, -0.1) is 0 Å². The van der Waals surface area contributed by atoms with Gasteiger partial charge in [-0.1, -0.05) is 36.4 Å². The van der Waals surface area contributed by atoms with E-state index in [-0.39, 0.29) is 38.9 Å². The molecule has 0 fully saturated rings. The lowest BCUT2D eigenvalue weighted by Gasteiger charge is -2.12. The number of carbonyl (C=O) groups is 2. The van der Waals surface area contributed by atoms with E-state index in [4.69, 9.17) is 15.2 Å². The molecule has 0 aliphatic rings. The van der Waals surface area contributed by atoms with Crippen LogP contribution in [0.25, 0.3) is 0 Å². The molecule has 0 amide bonds. The fourth-order valence-electron chi connectivity index (χ4n) is 2.93. The van der Waals surface area contributed by atoms with Crippen LogP contribution in [0, 0.1) is 0 Å². The van der Waals surface area contributed by atoms with Crippen molar-refractivity contribution in [3.8, 4) is 0 Å². The van der Waals surface area contributed by atoms with Gasteiger partial charge in [0.1, 0.15) is 6.04 Å². The van der Waals surface area contributed by atoms with Gasteiger partial charge in [0.05, 0.1) is 24.3 Å². The molecule has 34 heavy (non-hydrogen) atoms. The second-order valence-electron chi connectivity index (χ2n) is 7.43. The topological polar surface area (TPSA) is 78.6 Å². The highest BCUT2D eigenvalue weighted by Gasteiger charge is 2.31. The van der Waals surface area contributed by atoms with E-state index in [9.17, 15) is 35.9 Å². The van der Waals surface area contributed by atoms with Crippen LogP contribution in [-0.4, -0.2) is 31.2 Å². The Morgan fingerprint density at radius 1 is 0.794 bits per heavy atom. The Balaban J connectivity index is 1.67. The van der Waals surface area contributed by atoms with Crippen molar-refractivity contribution >= 4 is 11.9 Å². The van der Waals surface area contributed by atoms with Crippen molar-refractivity contribution in [1.29, 1.82) is 0 Å². The van der Waals surface area contributed by atoms with Crippen LogP contribution in [-0.2, 0) is 44.3 Å². The first-order valence-corrected chi connectivity index (χ1v) is 10.3. The maximum atomic E-state index is 12.7. The van der Waals surface area contributed by atoms with Gasteiger partial charge in [0.15, 0.2) is 0 Å². The van der Waals surface area contributed by atoms with E-state index < -0.39 is 41.5 Å². The molecule has 2 aromatic rings. The first-order valence-electron chi connectivity index (χ1n) is 10.3. The quantitative estimate of drug-likeness (QED) is 0.385. The molecule has 11 heteroatoms. The van der Waals surface area contributed by atoms with Gasteiger partial charge in [-0.05, 0) is 29.7 Å². The molecule has 2 N–H and O–H groups in total. The van der Waals surface area contributed by atoms with Crippen LogP contribution >= 0.6 is 0 Å². The summed E-state index contributed by atoms with van der Waals surface area (Å²) in [5.41, 5.74) is 4.75. The van der Waals surface area contributed by atoms with Gasteiger partial charge in [0.2, 0.25) is 0 Å². The molecular formula is C23H23F6NO4. The zero-order valence-corrected chi connectivity index (χ0v) is 17.9. The number of halogens is 6. The molecule has 0 spiro atoms. The smallest absolute Gasteiger partial charge is 0.416 e. The summed E-state index contributed by atoms with van der Waals surface area (Å²) in [6.07, 6.45) is -9.11. The summed E-state index contributed by atoms with van der Waals surface area (Å²) in [6.45, 7) is -0.327. The van der Waals surface area contributed by atoms with Gasteiger partial charge < -0.3 is 15.2 Å². The normalized spacial score (nSPS) is 12.8. The van der Waals surface area contributed by atoms with Crippen molar-refractivity contribution in [2.45, 2.75) is 44.1 Å². The summed E-state index contributed by atoms with van der Waals surface area (Å²) >= 11 is 0. The monoisotopic (exact) mass is 491 g/mol. The highest BCUT2D eigenvalue weighted by molar-refractivity contribution is 5.77. The molecule has 5 nitrogen and oxygen atoms in total. The van der Waals surface area contributed by atoms with Crippen molar-refractivity contribution in [2.75, 3.05) is 13.2 Å². The molecule has 0 saturated heterocycles. The maximum absolute atomic E-state index is 12.7. The number of hydrogen-bond acceptors (Lipinski definition) is 5. The lowest BCUT2D eigenvalue weighted by Crippen LogP contribution is -2.33. The molecule has 0 heterocycles. The Hall–Kier alpha value is -3.08. The zero-order chi connectivity index (χ0) is 25.4. The zero-order valence-electron chi connectivity index (χ0n) is 17.9. The summed E-state index contributed by atoms with van der Waals surface area (Å²) in [5.74, 6) is -1.50. The average molecular weight is 491 g/mol. The van der Waals surface area contributed by atoms with E-state index in [0.717, 1.165) is 24.3 Å². The Kier molecular flexibility index (Phi) is 9.48. The molecule has 0 aromatic heterocycles. The standard InChI is InChI=1S/C23H23F6NO4/c24-22(25,26)17-5-1-3-15(13-17)9-11-33-20(31)8-7-19(30)21(32)34-12-10-16-4-2-6-18(14-16)23(27,28)29/h1-6,13-14,19H,7-12,30H2/t19-/m0/s1. The fourth-order valence-corrected chi connectivity index (χ4v) is 2.93. The van der Waals surface area contributed by atoms with Crippen molar-refractivity contribution in [3.05, 3.63) is 70.8 Å². The molecule has 186 valence electrons. The SMILES string of the molecule is N[C@@H](CCC(=O)OCCc1cccc(C(F)(F)F)c1)C(=O)OCCc1cccc(C(F)(F)F)c1. The Labute approximate surface area is 191 Å². The summed E-state index contributed by atoms with van der Waals surface area (Å²) in [5, 5.41) is 0. The van der Waals surface area contributed by atoms with Crippen LogP contribution < -0.4 is 5.73 Å². The second-order valence-corrected chi connectivity index (χ2v) is 7.43. The first kappa shape index (κ1) is 27.2. The van der Waals surface area contributed by atoms with E-state index >= 15 is 0 Å². The van der Waals surface area contributed by atoms with Crippen molar-refractivity contribution in [2.24, 2.45) is 5.73 Å². The minimum atomic E-state index is -4.48. The van der Waals surface area contributed by atoms with E-state index in [1.807, 2.05) is 0 Å². The number of hydrogen-bond donors (Lipinski definition) is 1. The third kappa shape index (κ3) is 9.05. The third-order valence-electron chi connectivity index (χ3n) is 4.76. The summed E-state index contributed by atoms with van der Waals surface area (Å²) in [7, 11) is 0. The molecule has 1 atom stereocenters. The van der Waals surface area contributed by atoms with Crippen LogP contribution in [0.5, 0.6) is 0 Å². The largest absolute Gasteiger partial charge is 0.465 e. The second kappa shape index (κ2) is 11.9. The summed E-state index contributed by atoms with van der Waals surface area (Å²) in [4.78, 5) is 23.7. The average Bonchev–Trinajstić information content (AvgIpc) is 2.76. The van der Waals surface area contributed by atoms with Gasteiger partial charge in [0.25, 0.3) is 0 Å². The predicted octanol–water partition coefficient (Wildman–Crippen LogP) is 4.70. The number of esters is 2.